The zero-order chi connectivity index (χ0) is 14.9. The van der Waals surface area contributed by atoms with Crippen LogP contribution in [0.2, 0.25) is 0 Å². The molecule has 0 spiro atoms. The van der Waals surface area contributed by atoms with Crippen LogP contribution in [0.1, 0.15) is 45.2 Å². The summed E-state index contributed by atoms with van der Waals surface area (Å²) in [7, 11) is 0. The maximum Gasteiger partial charge on any atom is 0.308 e. The molecule has 0 heterocycles. The van der Waals surface area contributed by atoms with Gasteiger partial charge in [-0.2, -0.15) is 0 Å². The molecule has 0 aromatic heterocycles. The third-order valence-electron chi connectivity index (χ3n) is 3.67. The van der Waals surface area contributed by atoms with Gasteiger partial charge in [0, 0.05) is 6.92 Å². The molecule has 0 fully saturated rings. The Kier molecular flexibility index (Phi) is 3.85. The van der Waals surface area contributed by atoms with Crippen LogP contribution in [0.4, 0.5) is 0 Å². The molecule has 2 rings (SSSR count). The van der Waals surface area contributed by atoms with Crippen molar-refractivity contribution in [1.82, 2.24) is 0 Å². The van der Waals surface area contributed by atoms with E-state index >= 15 is 0 Å². The quantitative estimate of drug-likeness (QED) is 0.576. The predicted molar refractivity (Wildman–Crippen MR) is 82.6 cm³/mol. The summed E-state index contributed by atoms with van der Waals surface area (Å²) < 4.78 is 5.25. The lowest BCUT2D eigenvalue weighted by atomic mass is 9.72. The first-order valence-electron chi connectivity index (χ1n) is 6.98. The minimum atomic E-state index is -0.282. The monoisotopic (exact) mass is 270 g/mol. The van der Waals surface area contributed by atoms with Crippen molar-refractivity contribution in [2.45, 2.75) is 41.0 Å². The van der Waals surface area contributed by atoms with E-state index in [1.807, 2.05) is 19.1 Å². The van der Waals surface area contributed by atoms with Crippen LogP contribution >= 0.6 is 0 Å². The summed E-state index contributed by atoms with van der Waals surface area (Å²) in [5.74, 6) is 0.341. The molecule has 0 N–H and O–H groups in total. The Bertz CT molecular complexity index is 604. The summed E-state index contributed by atoms with van der Waals surface area (Å²) in [5.41, 5.74) is 4.95. The van der Waals surface area contributed by atoms with Gasteiger partial charge in [-0.25, -0.2) is 0 Å². The summed E-state index contributed by atoms with van der Waals surface area (Å²) in [6.07, 6.45) is 5.42. The maximum absolute atomic E-state index is 11.2. The third-order valence-corrected chi connectivity index (χ3v) is 3.67. The van der Waals surface area contributed by atoms with Gasteiger partial charge < -0.3 is 4.74 Å². The fourth-order valence-corrected chi connectivity index (χ4v) is 2.99. The Morgan fingerprint density at radius 1 is 1.20 bits per heavy atom. The summed E-state index contributed by atoms with van der Waals surface area (Å²) in [6.45, 7) is 10.1. The molecule has 1 aliphatic carbocycles. The van der Waals surface area contributed by atoms with Crippen molar-refractivity contribution < 1.29 is 9.53 Å². The lowest BCUT2D eigenvalue weighted by Crippen LogP contribution is -2.17. The van der Waals surface area contributed by atoms with E-state index in [9.17, 15) is 4.79 Å². The van der Waals surface area contributed by atoms with E-state index in [0.717, 1.165) is 17.5 Å². The molecule has 0 saturated heterocycles. The Hall–Kier alpha value is -1.83. The highest BCUT2D eigenvalue weighted by molar-refractivity contribution is 5.77. The van der Waals surface area contributed by atoms with Crippen LogP contribution in [0.5, 0.6) is 5.75 Å². The molecular formula is C18H22O2. The number of aryl methyl sites for hydroxylation is 1. The molecule has 1 aromatic carbocycles. The number of carbonyl (C=O) groups excluding carboxylic acids is 1. The highest BCUT2D eigenvalue weighted by Gasteiger charge is 2.27. The second kappa shape index (κ2) is 5.28. The molecule has 20 heavy (non-hydrogen) atoms. The standard InChI is InChI=1S/C18H22O2/c1-12-9-15(11-16(10-12)20-14(3)19)17-13(2)7-6-8-18(17,4)5/h6-7,9-11H,8H2,1-5H3. The van der Waals surface area contributed by atoms with Crippen molar-refractivity contribution in [3.05, 3.63) is 47.1 Å². The molecule has 0 saturated carbocycles. The first-order valence-corrected chi connectivity index (χ1v) is 6.98. The molecule has 0 amide bonds. The smallest absolute Gasteiger partial charge is 0.308 e. The zero-order valence-electron chi connectivity index (χ0n) is 12.9. The van der Waals surface area contributed by atoms with Crippen LogP contribution in [0.3, 0.4) is 0 Å². The number of ether oxygens (including phenoxy) is 1. The normalized spacial score (nSPS) is 17.2. The van der Waals surface area contributed by atoms with Crippen LogP contribution < -0.4 is 4.74 Å². The average molecular weight is 270 g/mol. The van der Waals surface area contributed by atoms with Gasteiger partial charge in [-0.15, -0.1) is 0 Å². The van der Waals surface area contributed by atoms with Crippen molar-refractivity contribution in [3.63, 3.8) is 0 Å². The van der Waals surface area contributed by atoms with E-state index in [1.165, 1.54) is 18.1 Å². The fourth-order valence-electron chi connectivity index (χ4n) is 2.99. The minimum Gasteiger partial charge on any atom is -0.427 e. The molecule has 106 valence electrons. The van der Waals surface area contributed by atoms with Gasteiger partial charge in [-0.1, -0.05) is 32.1 Å². The van der Waals surface area contributed by atoms with Gasteiger partial charge in [-0.05, 0) is 60.1 Å². The number of carbonyl (C=O) groups is 1. The van der Waals surface area contributed by atoms with Crippen LogP contribution in [-0.2, 0) is 4.79 Å². The van der Waals surface area contributed by atoms with E-state index in [4.69, 9.17) is 4.74 Å². The summed E-state index contributed by atoms with van der Waals surface area (Å²) in [6, 6.07) is 6.02. The predicted octanol–water partition coefficient (Wildman–Crippen LogP) is 4.68. The molecule has 2 nitrogen and oxygen atoms in total. The number of esters is 1. The molecule has 0 radical (unpaired) electrons. The molecule has 0 bridgehead atoms. The summed E-state index contributed by atoms with van der Waals surface area (Å²) in [4.78, 5) is 11.2. The molecule has 1 aromatic rings. The van der Waals surface area contributed by atoms with E-state index < -0.39 is 0 Å². The first-order chi connectivity index (χ1) is 9.29. The van der Waals surface area contributed by atoms with E-state index in [1.54, 1.807) is 0 Å². The number of rotatable bonds is 2. The number of hydrogen-bond acceptors (Lipinski definition) is 2. The van der Waals surface area contributed by atoms with E-state index in [-0.39, 0.29) is 11.4 Å². The van der Waals surface area contributed by atoms with Crippen molar-refractivity contribution in [2.24, 2.45) is 5.41 Å². The lowest BCUT2D eigenvalue weighted by molar-refractivity contribution is -0.131. The van der Waals surface area contributed by atoms with Gasteiger partial charge in [0.05, 0.1) is 0 Å². The second-order valence-corrected chi connectivity index (χ2v) is 6.18. The van der Waals surface area contributed by atoms with E-state index in [0.29, 0.717) is 5.75 Å². The molecule has 0 atom stereocenters. The largest absolute Gasteiger partial charge is 0.427 e. The Morgan fingerprint density at radius 2 is 1.90 bits per heavy atom. The van der Waals surface area contributed by atoms with Gasteiger partial charge >= 0.3 is 5.97 Å². The van der Waals surface area contributed by atoms with Crippen molar-refractivity contribution >= 4 is 11.5 Å². The molecule has 1 aliphatic rings. The Labute approximate surface area is 121 Å². The SMILES string of the molecule is CC(=O)Oc1cc(C)cc(C2=C(C)C=CCC2(C)C)c1. The molecule has 0 unspecified atom stereocenters. The van der Waals surface area contributed by atoms with Gasteiger partial charge in [0.1, 0.15) is 5.75 Å². The molecular weight excluding hydrogens is 248 g/mol. The number of hydrogen-bond donors (Lipinski definition) is 0. The van der Waals surface area contributed by atoms with Gasteiger partial charge in [-0.3, -0.25) is 4.79 Å². The Balaban J connectivity index is 2.54. The van der Waals surface area contributed by atoms with Gasteiger partial charge in [0.2, 0.25) is 0 Å². The van der Waals surface area contributed by atoms with Crippen LogP contribution in [-0.4, -0.2) is 5.97 Å². The van der Waals surface area contributed by atoms with E-state index in [2.05, 4.69) is 39.0 Å². The minimum absolute atomic E-state index is 0.0973. The number of allylic oxidation sites excluding steroid dienone is 4. The molecule has 2 heteroatoms. The first kappa shape index (κ1) is 14.6. The third kappa shape index (κ3) is 3.01. The van der Waals surface area contributed by atoms with Crippen molar-refractivity contribution in [2.75, 3.05) is 0 Å². The maximum atomic E-state index is 11.2. The van der Waals surface area contributed by atoms with Gasteiger partial charge in [0.15, 0.2) is 0 Å². The Morgan fingerprint density at radius 3 is 2.50 bits per heavy atom. The van der Waals surface area contributed by atoms with Crippen molar-refractivity contribution in [3.8, 4) is 5.75 Å². The summed E-state index contributed by atoms with van der Waals surface area (Å²) >= 11 is 0. The zero-order valence-corrected chi connectivity index (χ0v) is 12.9. The second-order valence-electron chi connectivity index (χ2n) is 6.18. The topological polar surface area (TPSA) is 26.3 Å². The van der Waals surface area contributed by atoms with Crippen LogP contribution in [0, 0.1) is 12.3 Å². The lowest BCUT2D eigenvalue weighted by Gasteiger charge is -2.32. The summed E-state index contributed by atoms with van der Waals surface area (Å²) in [5, 5.41) is 0. The number of benzene rings is 1. The van der Waals surface area contributed by atoms with Crippen LogP contribution in [0.25, 0.3) is 5.57 Å². The fraction of sp³-hybridized carbons (Fsp3) is 0.389. The van der Waals surface area contributed by atoms with Crippen molar-refractivity contribution in [1.29, 1.82) is 0 Å². The highest BCUT2D eigenvalue weighted by atomic mass is 16.5. The highest BCUT2D eigenvalue weighted by Crippen LogP contribution is 2.44. The van der Waals surface area contributed by atoms with Gasteiger partial charge in [0.25, 0.3) is 0 Å². The molecule has 0 aliphatic heterocycles. The van der Waals surface area contributed by atoms with Crippen LogP contribution in [0.15, 0.2) is 35.9 Å². The average Bonchev–Trinajstić information content (AvgIpc) is 2.25.